The molecule has 2 aromatic carbocycles. The molecule has 2 N–H and O–H groups in total. The van der Waals surface area contributed by atoms with Crippen LogP contribution in [-0.2, 0) is 4.79 Å². The number of halogens is 1. The van der Waals surface area contributed by atoms with Crippen LogP contribution in [0.3, 0.4) is 0 Å². The highest BCUT2D eigenvalue weighted by molar-refractivity contribution is 7.80. The van der Waals surface area contributed by atoms with Crippen LogP contribution in [0.4, 0.5) is 15.8 Å². The Hall–Kier alpha value is -4.64. The van der Waals surface area contributed by atoms with Gasteiger partial charge in [0.1, 0.15) is 23.4 Å². The Morgan fingerprint density at radius 3 is 2.63 bits per heavy atom. The van der Waals surface area contributed by atoms with E-state index in [-0.39, 0.29) is 30.2 Å². The lowest BCUT2D eigenvalue weighted by Crippen LogP contribution is -2.32. The predicted octanol–water partition coefficient (Wildman–Crippen LogP) is 5.39. The molecule has 0 spiro atoms. The molecule has 0 bridgehead atoms. The highest BCUT2D eigenvalue weighted by Crippen LogP contribution is 2.41. The molecular formula is C27H22FN5O4S. The van der Waals surface area contributed by atoms with E-state index >= 15 is 0 Å². The third-order valence-electron chi connectivity index (χ3n) is 6.21. The summed E-state index contributed by atoms with van der Waals surface area (Å²) in [5, 5.41) is 17.8. The number of thiocarbonyl (C=S) groups is 1. The Morgan fingerprint density at radius 1 is 1.11 bits per heavy atom. The quantitative estimate of drug-likeness (QED) is 0.177. The summed E-state index contributed by atoms with van der Waals surface area (Å²) in [6, 6.07) is 20.3. The van der Waals surface area contributed by atoms with Gasteiger partial charge in [0.25, 0.3) is 5.69 Å². The van der Waals surface area contributed by atoms with Crippen LogP contribution in [0.5, 0.6) is 0 Å². The van der Waals surface area contributed by atoms with Crippen molar-refractivity contribution in [3.63, 3.8) is 0 Å². The number of pyridine rings is 1. The zero-order chi connectivity index (χ0) is 26.6. The molecule has 1 amide bonds. The van der Waals surface area contributed by atoms with Crippen LogP contribution in [0.2, 0.25) is 0 Å². The molecule has 0 saturated carbocycles. The first-order valence-corrected chi connectivity index (χ1v) is 12.2. The fraction of sp³-hybridized carbons (Fsp3) is 0.148. The van der Waals surface area contributed by atoms with Crippen molar-refractivity contribution in [2.75, 3.05) is 11.9 Å². The van der Waals surface area contributed by atoms with Gasteiger partial charge in [0.2, 0.25) is 5.91 Å². The zero-order valence-electron chi connectivity index (χ0n) is 19.9. The third kappa shape index (κ3) is 5.09. The average Bonchev–Trinajstić information content (AvgIpc) is 3.53. The van der Waals surface area contributed by atoms with E-state index in [0.29, 0.717) is 27.9 Å². The van der Waals surface area contributed by atoms with Crippen LogP contribution in [0.1, 0.15) is 30.0 Å². The third-order valence-corrected chi connectivity index (χ3v) is 6.56. The van der Waals surface area contributed by atoms with Crippen LogP contribution in [0, 0.1) is 15.9 Å². The molecule has 2 atom stereocenters. The Bertz CT molecular complexity index is 1500. The molecule has 192 valence electrons. The van der Waals surface area contributed by atoms with Crippen LogP contribution in [0.15, 0.2) is 89.5 Å². The van der Waals surface area contributed by atoms with Crippen molar-refractivity contribution in [3.8, 4) is 11.3 Å². The first-order valence-electron chi connectivity index (χ1n) is 11.8. The molecule has 1 fully saturated rings. The summed E-state index contributed by atoms with van der Waals surface area (Å²) in [4.78, 5) is 30.0. The van der Waals surface area contributed by atoms with Gasteiger partial charge in [0.15, 0.2) is 5.11 Å². The Kier molecular flexibility index (Phi) is 7.09. The SMILES string of the molecule is O=C(CCN1C(=S)N[C@@H](c2ccccn2)[C@H]1c1ccc(-c2ccccc2[N+](=O)[O-])o1)Nc1ccccc1F. The van der Waals surface area contributed by atoms with E-state index in [4.69, 9.17) is 16.6 Å². The molecule has 5 rings (SSSR count). The summed E-state index contributed by atoms with van der Waals surface area (Å²) >= 11 is 5.62. The second-order valence-corrected chi connectivity index (χ2v) is 8.96. The van der Waals surface area contributed by atoms with E-state index in [1.54, 1.807) is 54.7 Å². The number of furan rings is 1. The van der Waals surface area contributed by atoms with Gasteiger partial charge in [-0.2, -0.15) is 0 Å². The summed E-state index contributed by atoms with van der Waals surface area (Å²) < 4.78 is 20.1. The predicted molar refractivity (Wildman–Crippen MR) is 143 cm³/mol. The lowest BCUT2D eigenvalue weighted by Gasteiger charge is -2.25. The summed E-state index contributed by atoms with van der Waals surface area (Å²) in [6.45, 7) is 0.210. The second-order valence-electron chi connectivity index (χ2n) is 8.57. The fourth-order valence-corrected chi connectivity index (χ4v) is 4.78. The second kappa shape index (κ2) is 10.8. The summed E-state index contributed by atoms with van der Waals surface area (Å²) in [7, 11) is 0. The van der Waals surface area contributed by atoms with Crippen molar-refractivity contribution in [1.82, 2.24) is 15.2 Å². The van der Waals surface area contributed by atoms with Gasteiger partial charge in [-0.1, -0.05) is 30.3 Å². The fourth-order valence-electron chi connectivity index (χ4n) is 4.45. The van der Waals surface area contributed by atoms with E-state index in [1.807, 2.05) is 17.0 Å². The number of nitro groups is 1. The van der Waals surface area contributed by atoms with Gasteiger partial charge >= 0.3 is 0 Å². The Labute approximate surface area is 222 Å². The highest BCUT2D eigenvalue weighted by Gasteiger charge is 2.41. The van der Waals surface area contributed by atoms with Crippen molar-refractivity contribution in [1.29, 1.82) is 0 Å². The summed E-state index contributed by atoms with van der Waals surface area (Å²) in [5.41, 5.74) is 1.09. The molecular weight excluding hydrogens is 509 g/mol. The molecule has 9 nitrogen and oxygen atoms in total. The molecule has 3 heterocycles. The van der Waals surface area contributed by atoms with Gasteiger partial charge in [0.05, 0.1) is 27.9 Å². The maximum absolute atomic E-state index is 14.0. The number of benzene rings is 2. The minimum atomic E-state index is -0.523. The molecule has 11 heteroatoms. The molecule has 1 aliphatic heterocycles. The van der Waals surface area contributed by atoms with Crippen LogP contribution >= 0.6 is 12.2 Å². The number of para-hydroxylation sites is 2. The number of carbonyl (C=O) groups excluding carboxylic acids is 1. The maximum atomic E-state index is 14.0. The lowest BCUT2D eigenvalue weighted by molar-refractivity contribution is -0.384. The highest BCUT2D eigenvalue weighted by atomic mass is 32.1. The number of rotatable bonds is 8. The molecule has 1 saturated heterocycles. The standard InChI is InChI=1S/C27H22FN5O4S/c28-18-8-2-3-9-19(18)30-24(34)14-16-32-26(25(31-27(32)38)20-10-5-6-15-29-20)23-13-12-22(37-23)17-7-1-4-11-21(17)33(35)36/h1-13,15,25-26H,14,16H2,(H,30,34)(H,31,38)/t25-,26+/m0/s1. The Morgan fingerprint density at radius 2 is 1.87 bits per heavy atom. The largest absolute Gasteiger partial charge is 0.459 e. The summed E-state index contributed by atoms with van der Waals surface area (Å²) in [5.74, 6) is -0.0683. The van der Waals surface area contributed by atoms with Crippen LogP contribution in [0.25, 0.3) is 11.3 Å². The van der Waals surface area contributed by atoms with Gasteiger partial charge < -0.3 is 20.0 Å². The zero-order valence-corrected chi connectivity index (χ0v) is 20.7. The number of nitrogens with zero attached hydrogens (tertiary/aromatic N) is 3. The Balaban J connectivity index is 1.43. The molecule has 38 heavy (non-hydrogen) atoms. The van der Waals surface area contributed by atoms with Crippen LogP contribution in [-0.4, -0.2) is 32.4 Å². The van der Waals surface area contributed by atoms with E-state index in [9.17, 15) is 19.3 Å². The molecule has 0 unspecified atom stereocenters. The van der Waals surface area contributed by atoms with Gasteiger partial charge in [0, 0.05) is 25.2 Å². The average molecular weight is 532 g/mol. The van der Waals surface area contributed by atoms with E-state index in [2.05, 4.69) is 15.6 Å². The summed E-state index contributed by atoms with van der Waals surface area (Å²) in [6.07, 6.45) is 1.70. The van der Waals surface area contributed by atoms with Crippen molar-refractivity contribution in [3.05, 3.63) is 112 Å². The number of hydrogen-bond donors (Lipinski definition) is 2. The number of hydrogen-bond acceptors (Lipinski definition) is 6. The molecule has 0 aliphatic carbocycles. The number of carbonyl (C=O) groups is 1. The van der Waals surface area contributed by atoms with Gasteiger partial charge in [-0.25, -0.2) is 4.39 Å². The minimum Gasteiger partial charge on any atom is -0.459 e. The normalized spacial score (nSPS) is 16.8. The molecule has 4 aromatic rings. The molecule has 1 aliphatic rings. The number of aromatic nitrogens is 1. The number of amides is 1. The topological polar surface area (TPSA) is 114 Å². The van der Waals surface area contributed by atoms with Crippen LogP contribution < -0.4 is 10.6 Å². The van der Waals surface area contributed by atoms with E-state index < -0.39 is 22.8 Å². The van der Waals surface area contributed by atoms with Crippen molar-refractivity contribution < 1.29 is 18.5 Å². The van der Waals surface area contributed by atoms with Gasteiger partial charge in [-0.15, -0.1) is 0 Å². The first-order chi connectivity index (χ1) is 18.4. The number of anilines is 1. The number of nitrogens with one attached hydrogen (secondary N) is 2. The molecule has 0 radical (unpaired) electrons. The smallest absolute Gasteiger partial charge is 0.280 e. The van der Waals surface area contributed by atoms with Gasteiger partial charge in [-0.3, -0.25) is 19.9 Å². The lowest BCUT2D eigenvalue weighted by atomic mass is 10.0. The number of nitro benzene ring substituents is 1. The minimum absolute atomic E-state index is 0.0271. The van der Waals surface area contributed by atoms with Gasteiger partial charge in [-0.05, 0) is 54.7 Å². The van der Waals surface area contributed by atoms with E-state index in [1.165, 1.54) is 18.2 Å². The van der Waals surface area contributed by atoms with Crippen molar-refractivity contribution >= 4 is 34.6 Å². The van der Waals surface area contributed by atoms with Crippen molar-refractivity contribution in [2.45, 2.75) is 18.5 Å². The van der Waals surface area contributed by atoms with E-state index in [0.717, 1.165) is 0 Å². The van der Waals surface area contributed by atoms with Crippen molar-refractivity contribution in [2.24, 2.45) is 0 Å². The molecule has 2 aromatic heterocycles. The maximum Gasteiger partial charge on any atom is 0.280 e. The first kappa shape index (κ1) is 25.0. The monoisotopic (exact) mass is 531 g/mol.